The van der Waals surface area contributed by atoms with Crippen molar-refractivity contribution in [1.29, 1.82) is 0 Å². The van der Waals surface area contributed by atoms with E-state index in [1.54, 1.807) is 12.4 Å². The van der Waals surface area contributed by atoms with Gasteiger partial charge in [0.1, 0.15) is 0 Å². The third-order valence-corrected chi connectivity index (χ3v) is 3.72. The fourth-order valence-corrected chi connectivity index (χ4v) is 2.46. The summed E-state index contributed by atoms with van der Waals surface area (Å²) in [6.45, 7) is 4.12. The Balaban J connectivity index is 2.01. The molecule has 114 valence electrons. The first-order chi connectivity index (χ1) is 10.2. The zero-order chi connectivity index (χ0) is 15.1. The summed E-state index contributed by atoms with van der Waals surface area (Å²) >= 11 is 0. The Labute approximate surface area is 126 Å². The second-order valence-corrected chi connectivity index (χ2v) is 5.33. The van der Waals surface area contributed by atoms with Crippen molar-refractivity contribution in [2.75, 3.05) is 13.2 Å². The van der Waals surface area contributed by atoms with Crippen LogP contribution in [0.3, 0.4) is 0 Å². The van der Waals surface area contributed by atoms with Crippen molar-refractivity contribution in [1.82, 2.24) is 20.1 Å². The number of aliphatic hydroxyl groups excluding tert-OH is 1. The van der Waals surface area contributed by atoms with Gasteiger partial charge in [0.25, 0.3) is 0 Å². The molecule has 0 aliphatic carbocycles. The second-order valence-electron chi connectivity index (χ2n) is 5.33. The molecule has 1 atom stereocenters. The van der Waals surface area contributed by atoms with Crippen LogP contribution in [0, 0.1) is 5.92 Å². The van der Waals surface area contributed by atoms with Gasteiger partial charge < -0.3 is 10.4 Å². The van der Waals surface area contributed by atoms with Crippen LogP contribution in [0.4, 0.5) is 0 Å². The maximum absolute atomic E-state index is 9.03. The van der Waals surface area contributed by atoms with Crippen LogP contribution >= 0.6 is 0 Å². The molecule has 0 saturated carbocycles. The van der Waals surface area contributed by atoms with E-state index in [4.69, 9.17) is 5.11 Å². The highest BCUT2D eigenvalue weighted by molar-refractivity contribution is 5.61. The molecule has 0 spiro atoms. The van der Waals surface area contributed by atoms with Gasteiger partial charge in [-0.05, 0) is 31.0 Å². The van der Waals surface area contributed by atoms with Crippen molar-refractivity contribution in [2.24, 2.45) is 13.0 Å². The maximum Gasteiger partial charge on any atom is 0.0969 e. The molecule has 21 heavy (non-hydrogen) atoms. The predicted octanol–water partition coefficient (Wildman–Crippen LogP) is 1.98. The molecule has 0 radical (unpaired) electrons. The van der Waals surface area contributed by atoms with Crippen LogP contribution in [0.15, 0.2) is 30.7 Å². The smallest absolute Gasteiger partial charge is 0.0969 e. The summed E-state index contributed by atoms with van der Waals surface area (Å²) in [7, 11) is 1.94. The molecule has 2 heterocycles. The van der Waals surface area contributed by atoms with Gasteiger partial charge >= 0.3 is 0 Å². The maximum atomic E-state index is 9.03. The Morgan fingerprint density at radius 1 is 1.33 bits per heavy atom. The Bertz CT molecular complexity index is 538. The molecule has 0 saturated heterocycles. The Morgan fingerprint density at radius 3 is 2.76 bits per heavy atom. The summed E-state index contributed by atoms with van der Waals surface area (Å²) < 4.78 is 1.85. The highest BCUT2D eigenvalue weighted by Crippen LogP contribution is 2.21. The Hall–Kier alpha value is -1.72. The SMILES string of the molecule is CCC(CCO)CNCc1cn(C)nc1-c1ccncc1. The first-order valence-electron chi connectivity index (χ1n) is 7.49. The van der Waals surface area contributed by atoms with Crippen molar-refractivity contribution >= 4 is 0 Å². The third-order valence-electron chi connectivity index (χ3n) is 3.72. The monoisotopic (exact) mass is 288 g/mol. The number of hydrogen-bond donors (Lipinski definition) is 2. The summed E-state index contributed by atoms with van der Waals surface area (Å²) in [6, 6.07) is 3.96. The van der Waals surface area contributed by atoms with Crippen LogP contribution < -0.4 is 5.32 Å². The van der Waals surface area contributed by atoms with Gasteiger partial charge in [0.05, 0.1) is 5.69 Å². The molecule has 2 aromatic rings. The highest BCUT2D eigenvalue weighted by atomic mass is 16.3. The number of aryl methyl sites for hydroxylation is 1. The number of nitrogens with one attached hydrogen (secondary N) is 1. The lowest BCUT2D eigenvalue weighted by molar-refractivity contribution is 0.251. The molecular weight excluding hydrogens is 264 g/mol. The van der Waals surface area contributed by atoms with E-state index in [1.165, 1.54) is 5.56 Å². The fourth-order valence-electron chi connectivity index (χ4n) is 2.46. The minimum absolute atomic E-state index is 0.259. The van der Waals surface area contributed by atoms with E-state index in [9.17, 15) is 0 Å². The van der Waals surface area contributed by atoms with Gasteiger partial charge in [-0.3, -0.25) is 9.67 Å². The molecule has 5 nitrogen and oxygen atoms in total. The summed E-state index contributed by atoms with van der Waals surface area (Å²) in [5.74, 6) is 0.524. The molecule has 2 rings (SSSR count). The molecule has 0 aliphatic rings. The molecule has 5 heteroatoms. The lowest BCUT2D eigenvalue weighted by Crippen LogP contribution is -2.23. The van der Waals surface area contributed by atoms with Gasteiger partial charge in [0.15, 0.2) is 0 Å². The van der Waals surface area contributed by atoms with Crippen molar-refractivity contribution in [3.63, 3.8) is 0 Å². The molecule has 0 fully saturated rings. The molecule has 2 N–H and O–H groups in total. The summed E-state index contributed by atoms with van der Waals surface area (Å²) in [5, 5.41) is 17.1. The zero-order valence-corrected chi connectivity index (χ0v) is 12.8. The lowest BCUT2D eigenvalue weighted by Gasteiger charge is -2.14. The normalized spacial score (nSPS) is 12.5. The van der Waals surface area contributed by atoms with E-state index in [0.29, 0.717) is 5.92 Å². The molecule has 2 aromatic heterocycles. The highest BCUT2D eigenvalue weighted by Gasteiger charge is 2.11. The predicted molar refractivity (Wildman–Crippen MR) is 83.6 cm³/mol. The molecule has 0 aromatic carbocycles. The molecular formula is C16H24N4O. The van der Waals surface area contributed by atoms with Gasteiger partial charge in [-0.15, -0.1) is 0 Å². The molecule has 0 aliphatic heterocycles. The first-order valence-corrected chi connectivity index (χ1v) is 7.49. The van der Waals surface area contributed by atoms with Crippen LogP contribution in [0.25, 0.3) is 11.3 Å². The molecule has 0 amide bonds. The average Bonchev–Trinajstić information content (AvgIpc) is 2.88. The zero-order valence-electron chi connectivity index (χ0n) is 12.8. The summed E-state index contributed by atoms with van der Waals surface area (Å²) in [4.78, 5) is 4.05. The van der Waals surface area contributed by atoms with Crippen LogP contribution in [-0.4, -0.2) is 33.0 Å². The second kappa shape index (κ2) is 7.90. The number of aromatic nitrogens is 3. The van der Waals surface area contributed by atoms with Gasteiger partial charge in [0, 0.05) is 49.9 Å². The van der Waals surface area contributed by atoms with Crippen LogP contribution in [0.5, 0.6) is 0 Å². The van der Waals surface area contributed by atoms with Crippen LogP contribution in [0.2, 0.25) is 0 Å². The minimum atomic E-state index is 0.259. The third kappa shape index (κ3) is 4.37. The van der Waals surface area contributed by atoms with Crippen LogP contribution in [0.1, 0.15) is 25.3 Å². The van der Waals surface area contributed by atoms with Crippen molar-refractivity contribution < 1.29 is 5.11 Å². The van der Waals surface area contributed by atoms with E-state index in [-0.39, 0.29) is 6.61 Å². The van der Waals surface area contributed by atoms with E-state index < -0.39 is 0 Å². The fraction of sp³-hybridized carbons (Fsp3) is 0.500. The van der Waals surface area contributed by atoms with E-state index in [2.05, 4.69) is 28.5 Å². The standard InChI is InChI=1S/C16H24N4O/c1-3-13(6-9-21)10-18-11-15-12-20(2)19-16(15)14-4-7-17-8-5-14/h4-5,7-8,12-13,18,21H,3,6,9-11H2,1-2H3. The Morgan fingerprint density at radius 2 is 2.10 bits per heavy atom. The quantitative estimate of drug-likeness (QED) is 0.779. The van der Waals surface area contributed by atoms with E-state index in [0.717, 1.165) is 37.2 Å². The largest absolute Gasteiger partial charge is 0.396 e. The van der Waals surface area contributed by atoms with Crippen molar-refractivity contribution in [3.05, 3.63) is 36.3 Å². The molecule has 0 bridgehead atoms. The van der Waals surface area contributed by atoms with Gasteiger partial charge in [-0.2, -0.15) is 5.10 Å². The minimum Gasteiger partial charge on any atom is -0.396 e. The van der Waals surface area contributed by atoms with E-state index in [1.807, 2.05) is 23.9 Å². The molecule has 1 unspecified atom stereocenters. The van der Waals surface area contributed by atoms with Gasteiger partial charge in [-0.1, -0.05) is 13.3 Å². The number of pyridine rings is 1. The number of hydrogen-bond acceptors (Lipinski definition) is 4. The first kappa shape index (κ1) is 15.7. The Kier molecular flexibility index (Phi) is 5.90. The number of nitrogens with zero attached hydrogens (tertiary/aromatic N) is 3. The lowest BCUT2D eigenvalue weighted by atomic mass is 10.0. The summed E-state index contributed by atoms with van der Waals surface area (Å²) in [6.07, 6.45) is 7.56. The van der Waals surface area contributed by atoms with Gasteiger partial charge in [-0.25, -0.2) is 0 Å². The van der Waals surface area contributed by atoms with Crippen molar-refractivity contribution in [2.45, 2.75) is 26.3 Å². The van der Waals surface area contributed by atoms with Crippen LogP contribution in [-0.2, 0) is 13.6 Å². The van der Waals surface area contributed by atoms with Gasteiger partial charge in [0.2, 0.25) is 0 Å². The average molecular weight is 288 g/mol. The summed E-state index contributed by atoms with van der Waals surface area (Å²) in [5.41, 5.74) is 3.27. The number of aliphatic hydroxyl groups is 1. The van der Waals surface area contributed by atoms with Crippen molar-refractivity contribution in [3.8, 4) is 11.3 Å². The topological polar surface area (TPSA) is 63.0 Å². The van der Waals surface area contributed by atoms with E-state index >= 15 is 0 Å². The number of rotatable bonds is 8.